The molecule has 4 heteroatoms. The van der Waals surface area contributed by atoms with E-state index in [1.807, 2.05) is 36.4 Å². The number of nitrogens with zero attached hydrogens (tertiary/aromatic N) is 1. The Balaban J connectivity index is 1.68. The van der Waals surface area contributed by atoms with Crippen LogP contribution in [0.4, 0.5) is 4.79 Å². The van der Waals surface area contributed by atoms with Gasteiger partial charge in [-0.1, -0.05) is 30.3 Å². The first-order valence-corrected chi connectivity index (χ1v) is 5.95. The van der Waals surface area contributed by atoms with Crippen LogP contribution in [0.15, 0.2) is 42.5 Å². The zero-order valence-electron chi connectivity index (χ0n) is 9.83. The molecule has 1 aliphatic heterocycles. The first-order chi connectivity index (χ1) is 8.83. The predicted molar refractivity (Wildman–Crippen MR) is 67.2 cm³/mol. The molecule has 0 N–H and O–H groups in total. The zero-order chi connectivity index (χ0) is 12.4. The number of hydrogen-bond donors (Lipinski definition) is 0. The molecule has 1 heterocycles. The average Bonchev–Trinajstić information content (AvgIpc) is 2.34. The van der Waals surface area contributed by atoms with Gasteiger partial charge in [0.05, 0.1) is 0 Å². The highest BCUT2D eigenvalue weighted by Crippen LogP contribution is 2.21. The second-order valence-electron chi connectivity index (χ2n) is 4.28. The van der Waals surface area contributed by atoms with Crippen molar-refractivity contribution in [3.05, 3.63) is 42.5 Å². The second-order valence-corrected chi connectivity index (χ2v) is 4.28. The molecule has 4 nitrogen and oxygen atoms in total. The van der Waals surface area contributed by atoms with E-state index in [4.69, 9.17) is 9.78 Å². The fourth-order valence-corrected chi connectivity index (χ4v) is 1.85. The standard InChI is InChI=1S/C14H13NO3/c16-14(15-8-3-9-15)18-17-13-7-6-11-4-1-2-5-12(11)10-13/h1-2,4-7,10H,3,8-9H2. The number of fused-ring (bicyclic) bond motifs is 1. The van der Waals surface area contributed by atoms with Crippen molar-refractivity contribution in [1.29, 1.82) is 0 Å². The van der Waals surface area contributed by atoms with Crippen molar-refractivity contribution in [2.45, 2.75) is 6.42 Å². The van der Waals surface area contributed by atoms with Crippen LogP contribution in [0.3, 0.4) is 0 Å². The molecule has 92 valence electrons. The summed E-state index contributed by atoms with van der Waals surface area (Å²) < 4.78 is 0. The van der Waals surface area contributed by atoms with Gasteiger partial charge in [-0.25, -0.2) is 9.68 Å². The summed E-state index contributed by atoms with van der Waals surface area (Å²) in [7, 11) is 0. The highest BCUT2D eigenvalue weighted by atomic mass is 17.2. The van der Waals surface area contributed by atoms with Crippen LogP contribution in [-0.4, -0.2) is 24.1 Å². The fraction of sp³-hybridized carbons (Fsp3) is 0.214. The molecule has 0 aliphatic carbocycles. The van der Waals surface area contributed by atoms with Gasteiger partial charge in [0.15, 0.2) is 5.75 Å². The van der Waals surface area contributed by atoms with Gasteiger partial charge in [-0.3, -0.25) is 4.89 Å². The molecule has 3 rings (SSSR count). The lowest BCUT2D eigenvalue weighted by molar-refractivity contribution is -0.157. The van der Waals surface area contributed by atoms with Gasteiger partial charge in [-0.15, -0.1) is 0 Å². The molecule has 1 saturated heterocycles. The third-order valence-corrected chi connectivity index (χ3v) is 3.04. The van der Waals surface area contributed by atoms with Crippen LogP contribution in [0.5, 0.6) is 5.75 Å². The molecule has 0 aromatic heterocycles. The summed E-state index contributed by atoms with van der Waals surface area (Å²) in [6, 6.07) is 13.5. The van der Waals surface area contributed by atoms with E-state index in [0.29, 0.717) is 5.75 Å². The van der Waals surface area contributed by atoms with E-state index < -0.39 is 6.09 Å². The smallest absolute Gasteiger partial charge is 0.305 e. The van der Waals surface area contributed by atoms with Gasteiger partial charge >= 0.3 is 6.09 Å². The van der Waals surface area contributed by atoms with E-state index in [-0.39, 0.29) is 0 Å². The van der Waals surface area contributed by atoms with E-state index >= 15 is 0 Å². The minimum Gasteiger partial charge on any atom is -0.305 e. The van der Waals surface area contributed by atoms with E-state index in [9.17, 15) is 4.79 Å². The molecule has 0 saturated carbocycles. The Hall–Kier alpha value is -2.23. The molecule has 0 radical (unpaired) electrons. The molecular weight excluding hydrogens is 230 g/mol. The van der Waals surface area contributed by atoms with Crippen molar-refractivity contribution < 1.29 is 14.6 Å². The lowest BCUT2D eigenvalue weighted by Crippen LogP contribution is -2.42. The fourth-order valence-electron chi connectivity index (χ4n) is 1.85. The summed E-state index contributed by atoms with van der Waals surface area (Å²) >= 11 is 0. The highest BCUT2D eigenvalue weighted by molar-refractivity contribution is 5.83. The summed E-state index contributed by atoms with van der Waals surface area (Å²) in [5, 5.41) is 2.17. The summed E-state index contributed by atoms with van der Waals surface area (Å²) in [6.07, 6.45) is 0.611. The molecule has 18 heavy (non-hydrogen) atoms. The molecular formula is C14H13NO3. The highest BCUT2D eigenvalue weighted by Gasteiger charge is 2.22. The van der Waals surface area contributed by atoms with Gasteiger partial charge in [0, 0.05) is 13.1 Å². The number of carbonyl (C=O) groups is 1. The van der Waals surface area contributed by atoms with E-state index in [0.717, 1.165) is 30.3 Å². The molecule has 0 atom stereocenters. The molecule has 0 bridgehead atoms. The van der Waals surface area contributed by atoms with Gasteiger partial charge in [-0.2, -0.15) is 0 Å². The lowest BCUT2D eigenvalue weighted by atomic mass is 10.1. The maximum absolute atomic E-state index is 11.4. The van der Waals surface area contributed by atoms with Crippen molar-refractivity contribution in [2.24, 2.45) is 0 Å². The van der Waals surface area contributed by atoms with Crippen molar-refractivity contribution >= 4 is 16.9 Å². The van der Waals surface area contributed by atoms with Gasteiger partial charge in [0.1, 0.15) is 0 Å². The molecule has 1 aliphatic rings. The van der Waals surface area contributed by atoms with Crippen LogP contribution in [0.25, 0.3) is 10.8 Å². The number of hydrogen-bond acceptors (Lipinski definition) is 3. The lowest BCUT2D eigenvalue weighted by Gasteiger charge is -2.28. The Bertz CT molecular complexity index is 578. The Morgan fingerprint density at radius 3 is 2.56 bits per heavy atom. The van der Waals surface area contributed by atoms with Gasteiger partial charge < -0.3 is 4.90 Å². The van der Waals surface area contributed by atoms with Crippen LogP contribution in [0.1, 0.15) is 6.42 Å². The van der Waals surface area contributed by atoms with E-state index in [1.165, 1.54) is 0 Å². The molecule has 2 aromatic rings. The van der Waals surface area contributed by atoms with Gasteiger partial charge in [0.25, 0.3) is 0 Å². The van der Waals surface area contributed by atoms with Crippen molar-refractivity contribution in [3.8, 4) is 5.75 Å². The second kappa shape index (κ2) is 4.56. The van der Waals surface area contributed by atoms with Crippen LogP contribution in [-0.2, 0) is 4.89 Å². The first kappa shape index (κ1) is 10.9. The number of rotatable bonds is 2. The van der Waals surface area contributed by atoms with Crippen LogP contribution < -0.4 is 4.89 Å². The van der Waals surface area contributed by atoms with Crippen molar-refractivity contribution in [2.75, 3.05) is 13.1 Å². The molecule has 1 fully saturated rings. The minimum atomic E-state index is -0.422. The Labute approximate surface area is 105 Å². The Morgan fingerprint density at radius 1 is 1.06 bits per heavy atom. The summed E-state index contributed by atoms with van der Waals surface area (Å²) in [4.78, 5) is 22.8. The first-order valence-electron chi connectivity index (χ1n) is 5.95. The summed E-state index contributed by atoms with van der Waals surface area (Å²) in [6.45, 7) is 1.50. The third kappa shape index (κ3) is 2.09. The minimum absolute atomic E-state index is 0.422. The van der Waals surface area contributed by atoms with Crippen LogP contribution in [0.2, 0.25) is 0 Å². The molecule has 0 unspecified atom stereocenters. The summed E-state index contributed by atoms with van der Waals surface area (Å²) in [5.74, 6) is 0.530. The van der Waals surface area contributed by atoms with Gasteiger partial charge in [0.2, 0.25) is 0 Å². The maximum Gasteiger partial charge on any atom is 0.452 e. The average molecular weight is 243 g/mol. The molecule has 2 aromatic carbocycles. The monoisotopic (exact) mass is 243 g/mol. The predicted octanol–water partition coefficient (Wildman–Crippen LogP) is 2.98. The SMILES string of the molecule is O=C(OOc1ccc2ccccc2c1)N1CCC1. The maximum atomic E-state index is 11.4. The number of benzene rings is 2. The number of likely N-dealkylation sites (tertiary alicyclic amines) is 1. The Morgan fingerprint density at radius 2 is 1.83 bits per heavy atom. The van der Waals surface area contributed by atoms with Crippen LogP contribution in [0, 0.1) is 0 Å². The molecule has 0 spiro atoms. The normalized spacial score (nSPS) is 14.1. The number of carbonyl (C=O) groups excluding carboxylic acids is 1. The zero-order valence-corrected chi connectivity index (χ0v) is 9.83. The quantitative estimate of drug-likeness (QED) is 0.601. The summed E-state index contributed by atoms with van der Waals surface area (Å²) in [5.41, 5.74) is 0. The largest absolute Gasteiger partial charge is 0.452 e. The third-order valence-electron chi connectivity index (χ3n) is 3.04. The van der Waals surface area contributed by atoms with Gasteiger partial charge in [-0.05, 0) is 29.3 Å². The Kier molecular flexibility index (Phi) is 2.76. The number of amides is 1. The van der Waals surface area contributed by atoms with Crippen LogP contribution >= 0.6 is 0 Å². The van der Waals surface area contributed by atoms with E-state index in [1.54, 1.807) is 11.0 Å². The van der Waals surface area contributed by atoms with Crippen molar-refractivity contribution in [1.82, 2.24) is 4.90 Å². The topological polar surface area (TPSA) is 38.8 Å². The van der Waals surface area contributed by atoms with E-state index in [2.05, 4.69) is 0 Å². The molecule has 1 amide bonds. The van der Waals surface area contributed by atoms with Crippen molar-refractivity contribution in [3.63, 3.8) is 0 Å².